The van der Waals surface area contributed by atoms with Crippen LogP contribution in [0.1, 0.15) is 44.8 Å². The van der Waals surface area contributed by atoms with E-state index in [1.165, 1.54) is 19.2 Å². The van der Waals surface area contributed by atoms with Crippen molar-refractivity contribution in [1.29, 1.82) is 0 Å². The minimum atomic E-state index is 0.0378. The predicted octanol–water partition coefficient (Wildman–Crippen LogP) is 2.74. The van der Waals surface area contributed by atoms with Crippen LogP contribution in [0.15, 0.2) is 23.4 Å². The first-order valence-electron chi connectivity index (χ1n) is 8.29. The molecule has 0 spiro atoms. The lowest BCUT2D eigenvalue weighted by molar-refractivity contribution is 0.183. The Morgan fingerprint density at radius 2 is 2.09 bits per heavy atom. The Bertz CT molecular complexity index is 941. The quantitative estimate of drug-likeness (QED) is 0.693. The van der Waals surface area contributed by atoms with E-state index >= 15 is 0 Å². The van der Waals surface area contributed by atoms with Gasteiger partial charge in [-0.05, 0) is 31.2 Å². The molecule has 0 aliphatic heterocycles. The molecule has 3 aromatic rings. The van der Waals surface area contributed by atoms with Gasteiger partial charge in [0, 0.05) is 12.2 Å². The molecule has 1 saturated carbocycles. The number of fused-ring (bicyclic) bond motifs is 3. The van der Waals surface area contributed by atoms with Gasteiger partial charge in [0.25, 0.3) is 11.3 Å². The van der Waals surface area contributed by atoms with Crippen LogP contribution in [0.2, 0.25) is 0 Å². The highest BCUT2D eigenvalue weighted by Gasteiger charge is 2.29. The van der Waals surface area contributed by atoms with Gasteiger partial charge in [0.15, 0.2) is 0 Å². The third kappa shape index (κ3) is 2.08. The molecule has 0 aromatic carbocycles. The fraction of sp³-hybridized carbons (Fsp3) is 0.529. The molecule has 1 aliphatic rings. The lowest BCUT2D eigenvalue weighted by Crippen LogP contribution is -2.34. The molecule has 1 aliphatic carbocycles. The van der Waals surface area contributed by atoms with E-state index in [-0.39, 0.29) is 11.6 Å². The average molecular weight is 311 g/mol. The topological polar surface area (TPSA) is 65.1 Å². The molecule has 120 valence electrons. The standard InChI is InChI=1S/C17H21N5O/c1-10-5-4-6-13(11(10)2)21-8-7-14-15(16(21)23)12(3)20-17-18-9-19-22(14)17/h7-11,13H,4-6H2,1-3H3. The SMILES string of the molecule is Cc1nc2ncnn2c2ccn(C3CCCC(C)C3C)c(=O)c12. The highest BCUT2D eigenvalue weighted by Crippen LogP contribution is 2.37. The van der Waals surface area contributed by atoms with Crippen molar-refractivity contribution in [2.24, 2.45) is 11.8 Å². The summed E-state index contributed by atoms with van der Waals surface area (Å²) in [5.74, 6) is 1.68. The van der Waals surface area contributed by atoms with Crippen molar-refractivity contribution in [2.75, 3.05) is 0 Å². The van der Waals surface area contributed by atoms with Crippen molar-refractivity contribution in [1.82, 2.24) is 24.1 Å². The molecule has 0 N–H and O–H groups in total. The van der Waals surface area contributed by atoms with Crippen molar-refractivity contribution < 1.29 is 0 Å². The van der Waals surface area contributed by atoms with Gasteiger partial charge in [0.2, 0.25) is 0 Å². The van der Waals surface area contributed by atoms with E-state index in [4.69, 9.17) is 0 Å². The molecule has 4 rings (SSSR count). The molecular formula is C17H21N5O. The van der Waals surface area contributed by atoms with Crippen LogP contribution in [0, 0.1) is 18.8 Å². The Morgan fingerprint density at radius 1 is 1.26 bits per heavy atom. The molecular weight excluding hydrogens is 290 g/mol. The van der Waals surface area contributed by atoms with E-state index in [0.717, 1.165) is 17.6 Å². The molecule has 1 fully saturated rings. The number of rotatable bonds is 1. The van der Waals surface area contributed by atoms with Gasteiger partial charge in [-0.1, -0.05) is 26.7 Å². The first kappa shape index (κ1) is 14.4. The Kier molecular flexibility index (Phi) is 3.21. The highest BCUT2D eigenvalue weighted by atomic mass is 16.1. The third-order valence-electron chi connectivity index (χ3n) is 5.51. The van der Waals surface area contributed by atoms with Gasteiger partial charge < -0.3 is 4.57 Å². The van der Waals surface area contributed by atoms with E-state index < -0.39 is 0 Å². The fourth-order valence-corrected chi connectivity index (χ4v) is 3.95. The lowest BCUT2D eigenvalue weighted by Gasteiger charge is -2.35. The largest absolute Gasteiger partial charge is 0.311 e. The molecule has 6 heteroatoms. The minimum Gasteiger partial charge on any atom is -0.311 e. The molecule has 0 amide bonds. The second-order valence-electron chi connectivity index (χ2n) is 6.79. The number of aryl methyl sites for hydroxylation is 1. The van der Waals surface area contributed by atoms with Crippen molar-refractivity contribution in [2.45, 2.75) is 46.1 Å². The highest BCUT2D eigenvalue weighted by molar-refractivity contribution is 5.81. The molecule has 0 saturated heterocycles. The van der Waals surface area contributed by atoms with Crippen LogP contribution in [0.4, 0.5) is 0 Å². The number of aromatic nitrogens is 5. The number of hydrogen-bond acceptors (Lipinski definition) is 4. The second-order valence-corrected chi connectivity index (χ2v) is 6.79. The van der Waals surface area contributed by atoms with Gasteiger partial charge in [-0.3, -0.25) is 4.79 Å². The zero-order chi connectivity index (χ0) is 16.1. The first-order valence-corrected chi connectivity index (χ1v) is 8.29. The van der Waals surface area contributed by atoms with Crippen molar-refractivity contribution in [3.8, 4) is 0 Å². The zero-order valence-electron chi connectivity index (χ0n) is 13.7. The number of nitrogens with zero attached hydrogens (tertiary/aromatic N) is 5. The molecule has 3 aromatic heterocycles. The minimum absolute atomic E-state index is 0.0378. The van der Waals surface area contributed by atoms with E-state index in [2.05, 4.69) is 28.9 Å². The lowest BCUT2D eigenvalue weighted by atomic mass is 9.78. The summed E-state index contributed by atoms with van der Waals surface area (Å²) in [5, 5.41) is 4.84. The second kappa shape index (κ2) is 5.15. The summed E-state index contributed by atoms with van der Waals surface area (Å²) in [6.07, 6.45) is 6.89. The first-order chi connectivity index (χ1) is 11.1. The van der Waals surface area contributed by atoms with Crippen LogP contribution < -0.4 is 5.56 Å². The summed E-state index contributed by atoms with van der Waals surface area (Å²) < 4.78 is 3.56. The van der Waals surface area contributed by atoms with Gasteiger partial charge in [0.05, 0.1) is 16.6 Å². The summed E-state index contributed by atoms with van der Waals surface area (Å²) >= 11 is 0. The maximum Gasteiger partial charge on any atom is 0.262 e. The average Bonchev–Trinajstić information content (AvgIpc) is 2.99. The van der Waals surface area contributed by atoms with E-state index in [9.17, 15) is 4.79 Å². The van der Waals surface area contributed by atoms with E-state index in [1.807, 2.05) is 23.8 Å². The maximum absolute atomic E-state index is 13.1. The molecule has 3 atom stereocenters. The molecule has 23 heavy (non-hydrogen) atoms. The van der Waals surface area contributed by atoms with Crippen molar-refractivity contribution in [3.63, 3.8) is 0 Å². The van der Waals surface area contributed by atoms with Gasteiger partial charge >= 0.3 is 0 Å². The summed E-state index contributed by atoms with van der Waals surface area (Å²) in [6, 6.07) is 2.24. The number of pyridine rings is 1. The molecule has 3 unspecified atom stereocenters. The summed E-state index contributed by atoms with van der Waals surface area (Å²) in [7, 11) is 0. The number of hydrogen-bond donors (Lipinski definition) is 0. The van der Waals surface area contributed by atoms with E-state index in [1.54, 1.807) is 4.52 Å². The Morgan fingerprint density at radius 3 is 2.91 bits per heavy atom. The Balaban J connectivity index is 1.96. The van der Waals surface area contributed by atoms with Crippen LogP contribution in [0.25, 0.3) is 16.7 Å². The summed E-state index contributed by atoms with van der Waals surface area (Å²) in [5.41, 5.74) is 1.54. The van der Waals surface area contributed by atoms with Gasteiger partial charge in [-0.2, -0.15) is 14.6 Å². The smallest absolute Gasteiger partial charge is 0.262 e. The molecule has 0 bridgehead atoms. The normalized spacial score (nSPS) is 25.3. The van der Waals surface area contributed by atoms with Crippen LogP contribution in [0.5, 0.6) is 0 Å². The van der Waals surface area contributed by atoms with Gasteiger partial charge in [0.1, 0.15) is 6.33 Å². The monoisotopic (exact) mass is 311 g/mol. The van der Waals surface area contributed by atoms with Gasteiger partial charge in [-0.15, -0.1) is 0 Å². The Labute approximate surface area is 134 Å². The van der Waals surface area contributed by atoms with Crippen LogP contribution in [0.3, 0.4) is 0 Å². The zero-order valence-corrected chi connectivity index (χ0v) is 13.7. The third-order valence-corrected chi connectivity index (χ3v) is 5.51. The van der Waals surface area contributed by atoms with Crippen molar-refractivity contribution in [3.05, 3.63) is 34.6 Å². The predicted molar refractivity (Wildman–Crippen MR) is 88.5 cm³/mol. The van der Waals surface area contributed by atoms with Crippen LogP contribution >= 0.6 is 0 Å². The van der Waals surface area contributed by atoms with Crippen molar-refractivity contribution >= 4 is 16.7 Å². The van der Waals surface area contributed by atoms with Crippen LogP contribution in [-0.2, 0) is 0 Å². The van der Waals surface area contributed by atoms with Gasteiger partial charge in [-0.25, -0.2) is 4.98 Å². The molecule has 3 heterocycles. The Hall–Kier alpha value is -2.24. The fourth-order valence-electron chi connectivity index (χ4n) is 3.95. The van der Waals surface area contributed by atoms with Crippen LogP contribution in [-0.4, -0.2) is 24.1 Å². The maximum atomic E-state index is 13.1. The summed E-state index contributed by atoms with van der Waals surface area (Å²) in [6.45, 7) is 6.42. The molecule has 0 radical (unpaired) electrons. The van der Waals surface area contributed by atoms with E-state index in [0.29, 0.717) is 23.0 Å². The summed E-state index contributed by atoms with van der Waals surface area (Å²) in [4.78, 5) is 21.7. The molecule has 6 nitrogen and oxygen atoms in total.